The summed E-state index contributed by atoms with van der Waals surface area (Å²) in [6.45, 7) is 2.87. The van der Waals surface area contributed by atoms with Crippen LogP contribution in [0, 0.1) is 24.0 Å². The molecule has 0 bridgehead atoms. The van der Waals surface area contributed by atoms with Gasteiger partial charge in [0.15, 0.2) is 6.61 Å². The van der Waals surface area contributed by atoms with Gasteiger partial charge in [-0.05, 0) is 56.3 Å². The van der Waals surface area contributed by atoms with E-state index in [0.29, 0.717) is 22.6 Å². The molecular formula is C21H18ClN3O7S. The Labute approximate surface area is 193 Å². The summed E-state index contributed by atoms with van der Waals surface area (Å²) in [7, 11) is -3.84. The van der Waals surface area contributed by atoms with E-state index in [1.54, 1.807) is 36.6 Å². The van der Waals surface area contributed by atoms with Gasteiger partial charge in [0.1, 0.15) is 5.02 Å². The van der Waals surface area contributed by atoms with Gasteiger partial charge in [0.25, 0.3) is 5.69 Å². The van der Waals surface area contributed by atoms with Crippen molar-refractivity contribution in [1.82, 2.24) is 4.57 Å². The minimum Gasteiger partial charge on any atom is -0.454 e. The number of carbonyl (C=O) groups excluding carboxylic acids is 2. The van der Waals surface area contributed by atoms with Crippen LogP contribution in [0.3, 0.4) is 0 Å². The van der Waals surface area contributed by atoms with Crippen molar-refractivity contribution < 1.29 is 27.7 Å². The third-order valence-corrected chi connectivity index (χ3v) is 6.12. The van der Waals surface area contributed by atoms with Crippen molar-refractivity contribution in [2.45, 2.75) is 18.7 Å². The molecule has 0 aliphatic carbocycles. The Kier molecular flexibility index (Phi) is 6.68. The number of hydrogen-bond donors (Lipinski definition) is 1. The first-order chi connectivity index (χ1) is 15.4. The van der Waals surface area contributed by atoms with E-state index in [0.717, 1.165) is 6.07 Å². The summed E-state index contributed by atoms with van der Waals surface area (Å²) >= 11 is 5.73. The Morgan fingerprint density at radius 2 is 1.76 bits per heavy atom. The lowest BCUT2D eigenvalue weighted by atomic mass is 10.1. The highest BCUT2D eigenvalue weighted by molar-refractivity contribution is 7.89. The number of carbonyl (C=O) groups is 2. The Hall–Kier alpha value is -3.54. The van der Waals surface area contributed by atoms with Crippen molar-refractivity contribution in [2.24, 2.45) is 5.14 Å². The number of aromatic nitrogens is 1. The van der Waals surface area contributed by atoms with Gasteiger partial charge in [-0.15, -0.1) is 0 Å². The zero-order chi connectivity index (χ0) is 24.5. The number of nitrogens with zero attached hydrogens (tertiary/aromatic N) is 2. The van der Waals surface area contributed by atoms with Crippen LogP contribution in [0.2, 0.25) is 5.02 Å². The molecule has 10 nitrogen and oxygen atoms in total. The second kappa shape index (κ2) is 9.14. The van der Waals surface area contributed by atoms with Crippen LogP contribution in [0.15, 0.2) is 53.4 Å². The Bertz CT molecular complexity index is 1380. The number of primary sulfonamides is 1. The first-order valence-electron chi connectivity index (χ1n) is 9.36. The molecule has 33 heavy (non-hydrogen) atoms. The highest BCUT2D eigenvalue weighted by Crippen LogP contribution is 2.26. The fraction of sp³-hybridized carbons (Fsp3) is 0.143. The zero-order valence-corrected chi connectivity index (χ0v) is 19.0. The summed E-state index contributed by atoms with van der Waals surface area (Å²) in [5.74, 6) is -1.39. The molecule has 172 valence electrons. The van der Waals surface area contributed by atoms with Crippen LogP contribution >= 0.6 is 11.6 Å². The number of aryl methyl sites for hydroxylation is 1. The summed E-state index contributed by atoms with van der Waals surface area (Å²) in [6.07, 6.45) is 0. The molecule has 0 unspecified atom stereocenters. The smallest absolute Gasteiger partial charge is 0.338 e. The second-order valence-corrected chi connectivity index (χ2v) is 9.05. The molecule has 0 spiro atoms. The predicted molar refractivity (Wildman–Crippen MR) is 119 cm³/mol. The minimum atomic E-state index is -3.84. The van der Waals surface area contributed by atoms with Gasteiger partial charge in [-0.2, -0.15) is 0 Å². The van der Waals surface area contributed by atoms with Gasteiger partial charge in [0.05, 0.1) is 15.4 Å². The van der Waals surface area contributed by atoms with Gasteiger partial charge >= 0.3 is 5.97 Å². The normalized spacial score (nSPS) is 11.3. The first kappa shape index (κ1) is 24.1. The average Bonchev–Trinajstić information content (AvgIpc) is 3.05. The van der Waals surface area contributed by atoms with E-state index in [1.807, 2.05) is 0 Å². The van der Waals surface area contributed by atoms with E-state index in [2.05, 4.69) is 0 Å². The molecule has 2 aromatic carbocycles. The highest BCUT2D eigenvalue weighted by Gasteiger charge is 2.21. The predicted octanol–water partition coefficient (Wildman–Crippen LogP) is 3.34. The van der Waals surface area contributed by atoms with Crippen molar-refractivity contribution in [2.75, 3.05) is 6.61 Å². The number of ketones is 1. The van der Waals surface area contributed by atoms with Crippen molar-refractivity contribution >= 4 is 39.1 Å². The standard InChI is InChI=1S/C21H18ClN3O7S/c1-12-9-17(13(2)24(12)15-4-6-16(7-5-15)33(23,30)31)20(26)11-32-21(27)14-3-8-18(22)19(10-14)25(28)29/h3-10H,11H2,1-2H3,(H2,23,30,31). The monoisotopic (exact) mass is 491 g/mol. The number of hydrogen-bond acceptors (Lipinski definition) is 7. The Balaban J connectivity index is 1.78. The summed E-state index contributed by atoms with van der Waals surface area (Å²) in [6, 6.07) is 10.9. The lowest BCUT2D eigenvalue weighted by Gasteiger charge is -2.11. The number of esters is 1. The molecule has 0 radical (unpaired) electrons. The van der Waals surface area contributed by atoms with Crippen LogP contribution < -0.4 is 5.14 Å². The molecule has 0 aliphatic heterocycles. The Morgan fingerprint density at radius 3 is 2.33 bits per heavy atom. The van der Waals surface area contributed by atoms with Crippen LogP contribution in [0.4, 0.5) is 5.69 Å². The molecule has 2 N–H and O–H groups in total. The van der Waals surface area contributed by atoms with E-state index >= 15 is 0 Å². The van der Waals surface area contributed by atoms with Crippen molar-refractivity contribution in [1.29, 1.82) is 0 Å². The summed E-state index contributed by atoms with van der Waals surface area (Å²) in [5.41, 5.74) is 1.60. The molecule has 3 rings (SSSR count). The molecule has 12 heteroatoms. The summed E-state index contributed by atoms with van der Waals surface area (Å²) in [5, 5.41) is 16.0. The zero-order valence-electron chi connectivity index (χ0n) is 17.4. The number of rotatable bonds is 7. The lowest BCUT2D eigenvalue weighted by Crippen LogP contribution is -2.15. The molecule has 0 fully saturated rings. The second-order valence-electron chi connectivity index (χ2n) is 7.08. The molecule has 0 aliphatic rings. The third kappa shape index (κ3) is 5.11. The van der Waals surface area contributed by atoms with Crippen molar-refractivity contribution in [3.8, 4) is 5.69 Å². The molecule has 3 aromatic rings. The average molecular weight is 492 g/mol. The first-order valence-corrected chi connectivity index (χ1v) is 11.3. The molecule has 0 saturated carbocycles. The molecule has 0 amide bonds. The summed E-state index contributed by atoms with van der Waals surface area (Å²) in [4.78, 5) is 35.2. The SMILES string of the molecule is Cc1cc(C(=O)COC(=O)c2ccc(Cl)c([N+](=O)[O-])c2)c(C)n1-c1ccc(S(N)(=O)=O)cc1. The third-order valence-electron chi connectivity index (χ3n) is 4.87. The largest absolute Gasteiger partial charge is 0.454 e. The number of sulfonamides is 1. The van der Waals surface area contributed by atoms with Gasteiger partial charge in [-0.1, -0.05) is 11.6 Å². The van der Waals surface area contributed by atoms with Crippen LogP contribution in [0.1, 0.15) is 32.1 Å². The molecule has 0 saturated heterocycles. The van der Waals surface area contributed by atoms with Crippen LogP contribution in [0.25, 0.3) is 5.69 Å². The van der Waals surface area contributed by atoms with Crippen LogP contribution in [-0.4, -0.2) is 36.3 Å². The van der Waals surface area contributed by atoms with E-state index in [-0.39, 0.29) is 15.5 Å². The number of Topliss-reactive ketones (excluding diaryl/α,β-unsaturated/α-hetero) is 1. The van der Waals surface area contributed by atoms with Gasteiger partial charge in [0.2, 0.25) is 15.8 Å². The van der Waals surface area contributed by atoms with Crippen molar-refractivity contribution in [3.05, 3.63) is 86.2 Å². The minimum absolute atomic E-state index is 0.0423. The number of benzene rings is 2. The molecule has 0 atom stereocenters. The number of nitro benzene ring substituents is 1. The maximum atomic E-state index is 12.7. The number of nitro groups is 1. The molecular weight excluding hydrogens is 474 g/mol. The fourth-order valence-corrected chi connectivity index (χ4v) is 4.00. The fourth-order valence-electron chi connectivity index (χ4n) is 3.30. The van der Waals surface area contributed by atoms with Crippen LogP contribution in [0.5, 0.6) is 0 Å². The van der Waals surface area contributed by atoms with Gasteiger partial charge in [-0.25, -0.2) is 18.4 Å². The number of ether oxygens (including phenoxy) is 1. The van der Waals surface area contributed by atoms with Gasteiger partial charge < -0.3 is 9.30 Å². The lowest BCUT2D eigenvalue weighted by molar-refractivity contribution is -0.384. The van der Waals surface area contributed by atoms with Gasteiger partial charge in [-0.3, -0.25) is 14.9 Å². The van der Waals surface area contributed by atoms with Gasteiger partial charge in [0, 0.05) is 28.7 Å². The van der Waals surface area contributed by atoms with Crippen molar-refractivity contribution in [3.63, 3.8) is 0 Å². The molecule has 1 heterocycles. The Morgan fingerprint density at radius 1 is 1.12 bits per heavy atom. The number of nitrogens with two attached hydrogens (primary N) is 1. The highest BCUT2D eigenvalue weighted by atomic mass is 35.5. The van der Waals surface area contributed by atoms with E-state index < -0.39 is 39.0 Å². The quantitative estimate of drug-likeness (QED) is 0.230. The van der Waals surface area contributed by atoms with E-state index in [4.69, 9.17) is 21.5 Å². The van der Waals surface area contributed by atoms with Crippen LogP contribution in [-0.2, 0) is 14.8 Å². The summed E-state index contributed by atoms with van der Waals surface area (Å²) < 4.78 is 29.7. The maximum Gasteiger partial charge on any atom is 0.338 e. The van der Waals surface area contributed by atoms with E-state index in [1.165, 1.54) is 24.3 Å². The molecule has 1 aromatic heterocycles. The topological polar surface area (TPSA) is 152 Å². The maximum absolute atomic E-state index is 12.7. The number of halogens is 1. The van der Waals surface area contributed by atoms with E-state index in [9.17, 15) is 28.1 Å².